The highest BCUT2D eigenvalue weighted by atomic mass is 31.2. The van der Waals surface area contributed by atoms with Crippen LogP contribution in [0.5, 0.6) is 0 Å². The molecular formula is C57H106NO7P. The molecule has 0 aromatic rings. The molecule has 8 nitrogen and oxygen atoms in total. The van der Waals surface area contributed by atoms with Gasteiger partial charge in [0.1, 0.15) is 6.10 Å². The molecule has 386 valence electrons. The van der Waals surface area contributed by atoms with Gasteiger partial charge >= 0.3 is 13.8 Å². The number of hydrogen-bond acceptors (Lipinski definition) is 7. The maximum Gasteiger partial charge on any atom is 0.472 e. The summed E-state index contributed by atoms with van der Waals surface area (Å²) in [5, 5.41) is 0. The quantitative estimate of drug-likeness (QED) is 0.0268. The molecule has 0 radical (unpaired) electrons. The Balaban J connectivity index is 3.93. The van der Waals surface area contributed by atoms with E-state index >= 15 is 0 Å². The first-order chi connectivity index (χ1) is 32.4. The molecule has 0 heterocycles. The van der Waals surface area contributed by atoms with E-state index in [-0.39, 0.29) is 32.3 Å². The molecule has 2 atom stereocenters. The highest BCUT2D eigenvalue weighted by Crippen LogP contribution is 2.43. The first kappa shape index (κ1) is 64.2. The van der Waals surface area contributed by atoms with Gasteiger partial charge in [-0.25, -0.2) is 4.57 Å². The molecule has 0 rings (SSSR count). The first-order valence-electron chi connectivity index (χ1n) is 27.8. The molecule has 0 aliphatic heterocycles. The molecule has 3 N–H and O–H groups in total. The third-order valence-corrected chi connectivity index (χ3v) is 12.9. The van der Waals surface area contributed by atoms with E-state index in [1.165, 1.54) is 186 Å². The van der Waals surface area contributed by atoms with Crippen molar-refractivity contribution in [2.24, 2.45) is 5.73 Å². The van der Waals surface area contributed by atoms with Crippen molar-refractivity contribution in [3.05, 3.63) is 60.8 Å². The summed E-state index contributed by atoms with van der Waals surface area (Å²) >= 11 is 0. The number of unbranched alkanes of at least 4 members (excludes halogenated alkanes) is 30. The molecule has 2 unspecified atom stereocenters. The Kier molecular flexibility index (Phi) is 52.7. The molecule has 66 heavy (non-hydrogen) atoms. The minimum Gasteiger partial charge on any atom is -0.457 e. The molecule has 0 aliphatic carbocycles. The van der Waals surface area contributed by atoms with E-state index in [1.54, 1.807) is 0 Å². The molecule has 0 spiro atoms. The van der Waals surface area contributed by atoms with Crippen LogP contribution in [0.25, 0.3) is 0 Å². The van der Waals surface area contributed by atoms with Gasteiger partial charge in [-0.15, -0.1) is 0 Å². The fourth-order valence-electron chi connectivity index (χ4n) is 7.80. The van der Waals surface area contributed by atoms with Crippen LogP contribution in [0.3, 0.4) is 0 Å². The van der Waals surface area contributed by atoms with Crippen molar-refractivity contribution in [2.45, 2.75) is 264 Å². The summed E-state index contributed by atoms with van der Waals surface area (Å²) in [4.78, 5) is 22.6. The van der Waals surface area contributed by atoms with E-state index in [9.17, 15) is 14.3 Å². The van der Waals surface area contributed by atoms with Gasteiger partial charge in [0, 0.05) is 19.6 Å². The number of phosphoric ester groups is 1. The predicted octanol–water partition coefficient (Wildman–Crippen LogP) is 17.7. The zero-order chi connectivity index (χ0) is 48.0. The summed E-state index contributed by atoms with van der Waals surface area (Å²) in [7, 11) is -4.29. The van der Waals surface area contributed by atoms with Crippen molar-refractivity contribution in [1.82, 2.24) is 0 Å². The Morgan fingerprint density at radius 1 is 0.455 bits per heavy atom. The second kappa shape index (κ2) is 54.1. The van der Waals surface area contributed by atoms with Crippen molar-refractivity contribution >= 4 is 13.8 Å². The van der Waals surface area contributed by atoms with Gasteiger partial charge in [0.2, 0.25) is 0 Å². The van der Waals surface area contributed by atoms with E-state index in [4.69, 9.17) is 24.3 Å². The lowest BCUT2D eigenvalue weighted by Gasteiger charge is -2.20. The van der Waals surface area contributed by atoms with Crippen LogP contribution in [0.15, 0.2) is 60.8 Å². The SMILES string of the molecule is CCCCCCC/C=C\C/C=C\C/C=C\CCCCCCCCCCCOCC(COP(=O)(O)OCCN)OC(=O)CCCCCCCCCCCCC/C=C\C/C=C\CCCCCCC. The van der Waals surface area contributed by atoms with E-state index in [2.05, 4.69) is 74.6 Å². The summed E-state index contributed by atoms with van der Waals surface area (Å²) < 4.78 is 33.7. The van der Waals surface area contributed by atoms with Crippen LogP contribution in [0, 0.1) is 0 Å². The van der Waals surface area contributed by atoms with Crippen LogP contribution >= 0.6 is 7.82 Å². The number of esters is 1. The average molecular weight is 948 g/mol. The highest BCUT2D eigenvalue weighted by Gasteiger charge is 2.25. The summed E-state index contributed by atoms with van der Waals surface area (Å²) in [6.45, 7) is 4.91. The zero-order valence-corrected chi connectivity index (χ0v) is 44.1. The number of allylic oxidation sites excluding steroid dienone is 10. The number of nitrogens with two attached hydrogens (primary N) is 1. The first-order valence-corrected chi connectivity index (χ1v) is 29.3. The van der Waals surface area contributed by atoms with Crippen molar-refractivity contribution in [3.63, 3.8) is 0 Å². The molecule has 0 aliphatic rings. The topological polar surface area (TPSA) is 117 Å². The predicted molar refractivity (Wildman–Crippen MR) is 284 cm³/mol. The minimum absolute atomic E-state index is 0.0973. The van der Waals surface area contributed by atoms with Crippen LogP contribution in [-0.4, -0.2) is 49.9 Å². The minimum atomic E-state index is -4.29. The van der Waals surface area contributed by atoms with Gasteiger partial charge in [0.15, 0.2) is 0 Å². The van der Waals surface area contributed by atoms with Crippen molar-refractivity contribution in [2.75, 3.05) is 33.0 Å². The molecular weight excluding hydrogens is 842 g/mol. The maximum atomic E-state index is 12.7. The Bertz CT molecular complexity index is 1200. The number of carbonyl (C=O) groups excluding carboxylic acids is 1. The summed E-state index contributed by atoms with van der Waals surface area (Å²) in [5.41, 5.74) is 5.40. The van der Waals surface area contributed by atoms with Gasteiger partial charge in [-0.3, -0.25) is 13.8 Å². The van der Waals surface area contributed by atoms with Gasteiger partial charge in [0.25, 0.3) is 0 Å². The van der Waals surface area contributed by atoms with Crippen molar-refractivity contribution < 1.29 is 32.8 Å². The van der Waals surface area contributed by atoms with Crippen LogP contribution in [0.4, 0.5) is 0 Å². The lowest BCUT2D eigenvalue weighted by molar-refractivity contribution is -0.154. The summed E-state index contributed by atoms with van der Waals surface area (Å²) in [5.74, 6) is -0.333. The van der Waals surface area contributed by atoms with Gasteiger partial charge in [-0.05, 0) is 83.5 Å². The van der Waals surface area contributed by atoms with Crippen LogP contribution in [-0.2, 0) is 27.9 Å². The Morgan fingerprint density at radius 3 is 1.20 bits per heavy atom. The third-order valence-electron chi connectivity index (χ3n) is 11.9. The summed E-state index contributed by atoms with van der Waals surface area (Å²) in [6, 6.07) is 0. The number of ether oxygens (including phenoxy) is 2. The normalized spacial score (nSPS) is 13.7. The summed E-state index contributed by atoms with van der Waals surface area (Å²) in [6.07, 6.45) is 68.3. The maximum absolute atomic E-state index is 12.7. The van der Waals surface area contributed by atoms with E-state index in [0.717, 1.165) is 51.4 Å². The number of rotatable bonds is 53. The largest absolute Gasteiger partial charge is 0.472 e. The number of carbonyl (C=O) groups is 1. The van der Waals surface area contributed by atoms with Crippen LogP contribution in [0.1, 0.15) is 258 Å². The highest BCUT2D eigenvalue weighted by molar-refractivity contribution is 7.47. The van der Waals surface area contributed by atoms with Crippen LogP contribution < -0.4 is 5.73 Å². The standard InChI is InChI=1S/C57H106NO7P/c1-3-5-7-9-11-13-15-17-19-21-23-25-27-29-31-33-35-37-39-41-43-45-47-49-52-62-54-56(55-64-66(60,61)63-53-51-58)65-57(59)50-48-46-44-42-40-38-36-34-32-30-28-26-24-22-20-18-16-14-12-10-8-6-4-2/h15-18,21-24,27,29,56H,3-14,19-20,25-26,28,30-55,58H2,1-2H3,(H,60,61)/b17-15-,18-16-,23-21-,24-22-,29-27-. The van der Waals surface area contributed by atoms with Gasteiger partial charge < -0.3 is 20.1 Å². The zero-order valence-electron chi connectivity index (χ0n) is 43.2. The fourth-order valence-corrected chi connectivity index (χ4v) is 8.57. The second-order valence-corrected chi connectivity index (χ2v) is 19.9. The van der Waals surface area contributed by atoms with E-state index in [0.29, 0.717) is 13.0 Å². The second-order valence-electron chi connectivity index (χ2n) is 18.4. The molecule has 0 saturated heterocycles. The smallest absolute Gasteiger partial charge is 0.457 e. The molecule has 0 fully saturated rings. The molecule has 0 bridgehead atoms. The number of phosphoric acid groups is 1. The fraction of sp³-hybridized carbons (Fsp3) is 0.807. The Hall–Kier alpha value is -1.80. The number of hydrogen-bond donors (Lipinski definition) is 2. The van der Waals surface area contributed by atoms with E-state index < -0.39 is 13.9 Å². The van der Waals surface area contributed by atoms with E-state index in [1.807, 2.05) is 0 Å². The van der Waals surface area contributed by atoms with Crippen molar-refractivity contribution in [3.8, 4) is 0 Å². The van der Waals surface area contributed by atoms with Gasteiger partial charge in [-0.1, -0.05) is 229 Å². The molecule has 0 aromatic carbocycles. The Labute approximate surface area is 408 Å². The molecule has 0 amide bonds. The lowest BCUT2D eigenvalue weighted by Crippen LogP contribution is -2.28. The Morgan fingerprint density at radius 2 is 0.803 bits per heavy atom. The average Bonchev–Trinajstić information content (AvgIpc) is 3.31. The lowest BCUT2D eigenvalue weighted by atomic mass is 10.0. The molecule has 9 heteroatoms. The third kappa shape index (κ3) is 53.2. The van der Waals surface area contributed by atoms with Crippen molar-refractivity contribution in [1.29, 1.82) is 0 Å². The van der Waals surface area contributed by atoms with Gasteiger partial charge in [-0.2, -0.15) is 0 Å². The molecule has 0 aromatic heterocycles. The molecule has 0 saturated carbocycles. The van der Waals surface area contributed by atoms with Crippen LogP contribution in [0.2, 0.25) is 0 Å². The monoisotopic (exact) mass is 948 g/mol. The van der Waals surface area contributed by atoms with Gasteiger partial charge in [0.05, 0.1) is 19.8 Å².